The summed E-state index contributed by atoms with van der Waals surface area (Å²) in [6.07, 6.45) is 18.0. The summed E-state index contributed by atoms with van der Waals surface area (Å²) in [5.41, 5.74) is 3.34. The second-order valence-electron chi connectivity index (χ2n) is 9.06. The fourth-order valence-corrected chi connectivity index (χ4v) is 3.99. The van der Waals surface area contributed by atoms with E-state index >= 15 is 0 Å². The first-order valence-corrected chi connectivity index (χ1v) is 13.0. The molecular formula is C29H44FNO. The van der Waals surface area contributed by atoms with Crippen molar-refractivity contribution in [3.8, 4) is 17.0 Å². The van der Waals surface area contributed by atoms with Crippen molar-refractivity contribution in [1.82, 2.24) is 4.98 Å². The summed E-state index contributed by atoms with van der Waals surface area (Å²) in [5, 5.41) is 0. The number of aromatic nitrogens is 1. The van der Waals surface area contributed by atoms with Gasteiger partial charge in [0.05, 0.1) is 5.69 Å². The zero-order valence-electron chi connectivity index (χ0n) is 20.5. The molecule has 0 spiro atoms. The van der Waals surface area contributed by atoms with Gasteiger partial charge in [-0.25, -0.2) is 4.39 Å². The molecule has 0 aliphatic carbocycles. The molecule has 0 fully saturated rings. The molecule has 0 unspecified atom stereocenters. The molecule has 3 heteroatoms. The van der Waals surface area contributed by atoms with Crippen LogP contribution in [0.2, 0.25) is 0 Å². The molecule has 178 valence electrons. The number of unbranched alkanes of at least 4 members (excludes halogenated alkanes) is 10. The van der Waals surface area contributed by atoms with Crippen LogP contribution >= 0.6 is 0 Å². The summed E-state index contributed by atoms with van der Waals surface area (Å²) in [7, 11) is 0. The quantitative estimate of drug-likeness (QED) is 0.215. The minimum Gasteiger partial charge on any atom is -0.491 e. The largest absolute Gasteiger partial charge is 0.491 e. The van der Waals surface area contributed by atoms with Crippen LogP contribution in [-0.2, 0) is 6.42 Å². The molecule has 0 aliphatic heterocycles. The van der Waals surface area contributed by atoms with E-state index < -0.39 is 6.17 Å². The van der Waals surface area contributed by atoms with Gasteiger partial charge in [0, 0.05) is 11.8 Å². The van der Waals surface area contributed by atoms with Crippen molar-refractivity contribution in [3.63, 3.8) is 0 Å². The van der Waals surface area contributed by atoms with Crippen LogP contribution in [0.15, 0.2) is 42.6 Å². The van der Waals surface area contributed by atoms with Gasteiger partial charge in [0.15, 0.2) is 0 Å². The Hall–Kier alpha value is -1.90. The molecular weight excluding hydrogens is 397 g/mol. The number of rotatable bonds is 18. The van der Waals surface area contributed by atoms with Crippen LogP contribution in [0, 0.1) is 0 Å². The Morgan fingerprint density at radius 2 is 1.38 bits per heavy atom. The van der Waals surface area contributed by atoms with E-state index in [4.69, 9.17) is 4.74 Å². The molecule has 1 atom stereocenters. The van der Waals surface area contributed by atoms with Gasteiger partial charge in [0.1, 0.15) is 18.5 Å². The van der Waals surface area contributed by atoms with Gasteiger partial charge in [-0.15, -0.1) is 0 Å². The number of nitrogens with zero attached hydrogens (tertiary/aromatic N) is 1. The summed E-state index contributed by atoms with van der Waals surface area (Å²) >= 11 is 0. The molecule has 0 amide bonds. The van der Waals surface area contributed by atoms with Crippen LogP contribution in [0.4, 0.5) is 4.39 Å². The van der Waals surface area contributed by atoms with Crippen molar-refractivity contribution in [1.29, 1.82) is 0 Å². The summed E-state index contributed by atoms with van der Waals surface area (Å²) < 4.78 is 19.6. The maximum absolute atomic E-state index is 14.0. The topological polar surface area (TPSA) is 22.1 Å². The van der Waals surface area contributed by atoms with Crippen molar-refractivity contribution in [2.24, 2.45) is 0 Å². The molecule has 0 saturated heterocycles. The maximum atomic E-state index is 14.0. The molecule has 32 heavy (non-hydrogen) atoms. The van der Waals surface area contributed by atoms with Gasteiger partial charge in [-0.05, 0) is 55.2 Å². The molecule has 1 heterocycles. The van der Waals surface area contributed by atoms with Crippen LogP contribution in [0.25, 0.3) is 11.3 Å². The SMILES string of the molecule is CCCCCCCCCCc1ccc(-c2ccc(OC[C@@H](F)CCCCCC)cc2)nc1. The first kappa shape index (κ1) is 26.4. The second-order valence-corrected chi connectivity index (χ2v) is 9.06. The summed E-state index contributed by atoms with van der Waals surface area (Å²) in [4.78, 5) is 4.65. The van der Waals surface area contributed by atoms with Crippen LogP contribution in [0.3, 0.4) is 0 Å². The van der Waals surface area contributed by atoms with Crippen LogP contribution in [-0.4, -0.2) is 17.8 Å². The van der Waals surface area contributed by atoms with E-state index in [1.54, 1.807) is 0 Å². The number of benzene rings is 1. The van der Waals surface area contributed by atoms with Crippen molar-refractivity contribution >= 4 is 0 Å². The lowest BCUT2D eigenvalue weighted by Gasteiger charge is -2.11. The lowest BCUT2D eigenvalue weighted by molar-refractivity contribution is 0.184. The van der Waals surface area contributed by atoms with Gasteiger partial charge in [0.25, 0.3) is 0 Å². The summed E-state index contributed by atoms with van der Waals surface area (Å²) in [6.45, 7) is 4.57. The highest BCUT2D eigenvalue weighted by atomic mass is 19.1. The van der Waals surface area contributed by atoms with E-state index in [1.807, 2.05) is 30.5 Å². The van der Waals surface area contributed by atoms with E-state index in [0.29, 0.717) is 6.42 Å². The van der Waals surface area contributed by atoms with Crippen molar-refractivity contribution in [2.45, 2.75) is 110 Å². The third kappa shape index (κ3) is 11.1. The molecule has 0 N–H and O–H groups in total. The number of alkyl halides is 1. The Balaban J connectivity index is 1.67. The molecule has 2 nitrogen and oxygen atoms in total. The predicted molar refractivity (Wildman–Crippen MR) is 135 cm³/mol. The number of ether oxygens (including phenoxy) is 1. The standard InChI is InChI=1S/C29H44FNO/c1-3-5-7-9-10-11-12-13-15-25-17-22-29(31-23-25)26-18-20-28(21-19-26)32-24-27(30)16-14-8-6-4-2/h17-23,27H,3-16,24H2,1-2H3/t27-/m0/s1. The Morgan fingerprint density at radius 1 is 0.750 bits per heavy atom. The number of halogens is 1. The monoisotopic (exact) mass is 441 g/mol. The smallest absolute Gasteiger partial charge is 0.134 e. The van der Waals surface area contributed by atoms with Gasteiger partial charge < -0.3 is 4.74 Å². The van der Waals surface area contributed by atoms with Gasteiger partial charge >= 0.3 is 0 Å². The fourth-order valence-electron chi connectivity index (χ4n) is 3.99. The van der Waals surface area contributed by atoms with E-state index in [1.165, 1.54) is 69.8 Å². The molecule has 0 bridgehead atoms. The van der Waals surface area contributed by atoms with E-state index in [-0.39, 0.29) is 6.61 Å². The zero-order valence-corrected chi connectivity index (χ0v) is 20.5. The lowest BCUT2D eigenvalue weighted by Crippen LogP contribution is -2.12. The van der Waals surface area contributed by atoms with E-state index in [2.05, 4.69) is 31.0 Å². The first-order valence-electron chi connectivity index (χ1n) is 13.0. The third-order valence-corrected chi connectivity index (χ3v) is 6.10. The number of aryl methyl sites for hydroxylation is 1. The average molecular weight is 442 g/mol. The Bertz CT molecular complexity index is 698. The molecule has 2 rings (SSSR count). The molecule has 0 radical (unpaired) electrons. The second kappa shape index (κ2) is 16.7. The van der Waals surface area contributed by atoms with Gasteiger partial charge in [-0.3, -0.25) is 4.98 Å². The number of hydrogen-bond acceptors (Lipinski definition) is 2. The van der Waals surface area contributed by atoms with E-state index in [9.17, 15) is 4.39 Å². The number of hydrogen-bond donors (Lipinski definition) is 0. The molecule has 1 aromatic carbocycles. The number of pyridine rings is 1. The average Bonchev–Trinajstić information content (AvgIpc) is 2.83. The van der Waals surface area contributed by atoms with Crippen LogP contribution < -0.4 is 4.74 Å². The highest BCUT2D eigenvalue weighted by Crippen LogP contribution is 2.22. The minimum absolute atomic E-state index is 0.136. The normalized spacial score (nSPS) is 12.1. The molecule has 1 aromatic heterocycles. The van der Waals surface area contributed by atoms with Crippen LogP contribution in [0.5, 0.6) is 5.75 Å². The lowest BCUT2D eigenvalue weighted by atomic mass is 10.0. The Kier molecular flexibility index (Phi) is 13.7. The van der Waals surface area contributed by atoms with Crippen molar-refractivity contribution in [2.75, 3.05) is 6.61 Å². The summed E-state index contributed by atoms with van der Waals surface area (Å²) in [6, 6.07) is 12.1. The van der Waals surface area contributed by atoms with E-state index in [0.717, 1.165) is 36.3 Å². The third-order valence-electron chi connectivity index (χ3n) is 6.10. The first-order chi connectivity index (χ1) is 15.7. The zero-order chi connectivity index (χ0) is 22.9. The van der Waals surface area contributed by atoms with Crippen molar-refractivity contribution in [3.05, 3.63) is 48.2 Å². The molecule has 2 aromatic rings. The Labute approximate surface area is 196 Å². The minimum atomic E-state index is -0.887. The fraction of sp³-hybridized carbons (Fsp3) is 0.621. The van der Waals surface area contributed by atoms with Crippen LogP contribution in [0.1, 0.15) is 103 Å². The Morgan fingerprint density at radius 3 is 2.00 bits per heavy atom. The van der Waals surface area contributed by atoms with Crippen molar-refractivity contribution < 1.29 is 9.13 Å². The maximum Gasteiger partial charge on any atom is 0.134 e. The molecule has 0 aliphatic rings. The summed E-state index contributed by atoms with van der Waals surface area (Å²) in [5.74, 6) is 0.719. The van der Waals surface area contributed by atoms with Gasteiger partial charge in [0.2, 0.25) is 0 Å². The van der Waals surface area contributed by atoms with Gasteiger partial charge in [-0.1, -0.05) is 90.5 Å². The van der Waals surface area contributed by atoms with Gasteiger partial charge in [-0.2, -0.15) is 0 Å². The highest BCUT2D eigenvalue weighted by molar-refractivity contribution is 5.60. The molecule has 0 saturated carbocycles. The predicted octanol–water partition coefficient (Wildman–Crippen LogP) is 9.12. The highest BCUT2D eigenvalue weighted by Gasteiger charge is 2.08.